The summed E-state index contributed by atoms with van der Waals surface area (Å²) in [6, 6.07) is 5.62. The predicted octanol–water partition coefficient (Wildman–Crippen LogP) is 1.92. The van der Waals surface area contributed by atoms with Crippen LogP contribution in [0, 0.1) is 6.92 Å². The number of Topliss-reactive ketones (excluding diaryl/α,β-unsaturated/α-hetero) is 1. The molecule has 29 heavy (non-hydrogen) atoms. The number of nitrogens with one attached hydrogen (secondary N) is 1. The first-order valence-corrected chi connectivity index (χ1v) is 10.4. The zero-order valence-electron chi connectivity index (χ0n) is 17.6. The molecule has 6 nitrogen and oxygen atoms in total. The number of fused-ring (bicyclic) bond motifs is 3. The summed E-state index contributed by atoms with van der Waals surface area (Å²) in [4.78, 5) is 29.9. The number of hydrogen-bond donors (Lipinski definition) is 1. The highest BCUT2D eigenvalue weighted by Gasteiger charge is 2.54. The highest BCUT2D eigenvalue weighted by molar-refractivity contribution is 5.91. The van der Waals surface area contributed by atoms with Crippen molar-refractivity contribution in [1.82, 2.24) is 15.1 Å². The van der Waals surface area contributed by atoms with Crippen LogP contribution in [0.15, 0.2) is 18.2 Å². The first-order chi connectivity index (χ1) is 13.4. The Kier molecular flexibility index (Phi) is 6.56. The minimum absolute atomic E-state index is 0. The number of nitrogens with zero attached hydrogens (tertiary/aromatic N) is 2. The molecule has 0 radical (unpaired) electrons. The highest BCUT2D eigenvalue weighted by atomic mass is 35.5. The molecule has 0 unspecified atom stereocenters. The third-order valence-corrected chi connectivity index (χ3v) is 6.74. The Hall–Kier alpha value is -1.63. The first kappa shape index (κ1) is 22.1. The van der Waals surface area contributed by atoms with Crippen molar-refractivity contribution in [2.24, 2.45) is 0 Å². The SMILES string of the molecule is Cc1ccc2c(c1)[C@]1(C)CCC(=O)[C@H](NC(=O)CCN3CCN(C)CC3)[C@@H]1O2.Cl. The Morgan fingerprint density at radius 3 is 2.72 bits per heavy atom. The van der Waals surface area contributed by atoms with E-state index in [9.17, 15) is 9.59 Å². The van der Waals surface area contributed by atoms with Crippen molar-refractivity contribution >= 4 is 24.1 Å². The lowest BCUT2D eigenvalue weighted by atomic mass is 9.67. The number of ketones is 1. The highest BCUT2D eigenvalue weighted by Crippen LogP contribution is 2.49. The van der Waals surface area contributed by atoms with E-state index in [0.717, 1.165) is 44.9 Å². The summed E-state index contributed by atoms with van der Waals surface area (Å²) >= 11 is 0. The molecule has 3 atom stereocenters. The molecule has 3 aliphatic rings. The van der Waals surface area contributed by atoms with Crippen LogP contribution in [0.2, 0.25) is 0 Å². The Morgan fingerprint density at radius 1 is 1.28 bits per heavy atom. The minimum Gasteiger partial charge on any atom is -0.487 e. The quantitative estimate of drug-likeness (QED) is 0.804. The number of aryl methyl sites for hydroxylation is 1. The maximum atomic E-state index is 12.7. The van der Waals surface area contributed by atoms with Gasteiger partial charge in [-0.25, -0.2) is 0 Å². The van der Waals surface area contributed by atoms with Crippen LogP contribution >= 0.6 is 12.4 Å². The number of halogens is 1. The summed E-state index contributed by atoms with van der Waals surface area (Å²) in [5, 5.41) is 3.01. The third kappa shape index (κ3) is 4.30. The Morgan fingerprint density at radius 2 is 2.00 bits per heavy atom. The second-order valence-electron chi connectivity index (χ2n) is 8.86. The summed E-state index contributed by atoms with van der Waals surface area (Å²) in [6.45, 7) is 9.03. The maximum Gasteiger partial charge on any atom is 0.221 e. The van der Waals surface area contributed by atoms with Crippen LogP contribution in [-0.2, 0) is 15.0 Å². The predicted molar refractivity (Wildman–Crippen MR) is 115 cm³/mol. The van der Waals surface area contributed by atoms with Gasteiger partial charge < -0.3 is 19.9 Å². The number of piperazine rings is 1. The lowest BCUT2D eigenvalue weighted by Gasteiger charge is -2.39. The van der Waals surface area contributed by atoms with Gasteiger partial charge in [-0.05, 0) is 26.5 Å². The van der Waals surface area contributed by atoms with Gasteiger partial charge in [0.25, 0.3) is 0 Å². The fourth-order valence-corrected chi connectivity index (χ4v) is 4.77. The third-order valence-electron chi connectivity index (χ3n) is 6.74. The topological polar surface area (TPSA) is 61.9 Å². The van der Waals surface area contributed by atoms with E-state index < -0.39 is 6.04 Å². The van der Waals surface area contributed by atoms with Gasteiger partial charge in [0, 0.05) is 56.5 Å². The minimum atomic E-state index is -0.563. The van der Waals surface area contributed by atoms with Crippen LogP contribution < -0.4 is 10.1 Å². The van der Waals surface area contributed by atoms with Crippen molar-refractivity contribution in [3.63, 3.8) is 0 Å². The largest absolute Gasteiger partial charge is 0.487 e. The number of carbonyl (C=O) groups is 2. The van der Waals surface area contributed by atoms with Crippen molar-refractivity contribution in [3.8, 4) is 5.75 Å². The number of hydrogen-bond acceptors (Lipinski definition) is 5. The molecule has 0 aromatic heterocycles. The van der Waals surface area contributed by atoms with E-state index in [2.05, 4.69) is 42.1 Å². The molecular formula is C22H32ClN3O3. The molecule has 2 fully saturated rings. The van der Waals surface area contributed by atoms with Crippen molar-refractivity contribution in [2.75, 3.05) is 39.8 Å². The zero-order valence-corrected chi connectivity index (χ0v) is 18.4. The molecule has 2 heterocycles. The molecule has 160 valence electrons. The van der Waals surface area contributed by atoms with Crippen LogP contribution in [0.3, 0.4) is 0 Å². The lowest BCUT2D eigenvalue weighted by molar-refractivity contribution is -0.133. The van der Waals surface area contributed by atoms with Gasteiger partial charge in [0.2, 0.25) is 5.91 Å². The first-order valence-electron chi connectivity index (χ1n) is 10.4. The fraction of sp³-hybridized carbons (Fsp3) is 0.636. The Balaban J connectivity index is 0.00000240. The van der Waals surface area contributed by atoms with Crippen LogP contribution in [0.25, 0.3) is 0 Å². The molecule has 1 saturated carbocycles. The van der Waals surface area contributed by atoms with Crippen molar-refractivity contribution in [3.05, 3.63) is 29.3 Å². The summed E-state index contributed by atoms with van der Waals surface area (Å²) in [5.74, 6) is 0.877. The number of carbonyl (C=O) groups excluding carboxylic acids is 2. The molecule has 0 spiro atoms. The second-order valence-corrected chi connectivity index (χ2v) is 8.86. The molecule has 4 rings (SSSR count). The summed E-state index contributed by atoms with van der Waals surface area (Å²) < 4.78 is 6.21. The van der Waals surface area contributed by atoms with E-state index in [0.29, 0.717) is 12.8 Å². The fourth-order valence-electron chi connectivity index (χ4n) is 4.77. The van der Waals surface area contributed by atoms with E-state index in [1.54, 1.807) is 0 Å². The average molecular weight is 422 g/mol. The van der Waals surface area contributed by atoms with Crippen LogP contribution in [0.4, 0.5) is 0 Å². The van der Waals surface area contributed by atoms with Gasteiger partial charge in [-0.15, -0.1) is 12.4 Å². The number of ether oxygens (including phenoxy) is 1. The number of likely N-dealkylation sites (N-methyl/N-ethyl adjacent to an activating group) is 1. The molecule has 1 amide bonds. The van der Waals surface area contributed by atoms with Gasteiger partial charge >= 0.3 is 0 Å². The number of amides is 1. The molecular weight excluding hydrogens is 390 g/mol. The molecule has 0 bridgehead atoms. The summed E-state index contributed by atoms with van der Waals surface area (Å²) in [5.41, 5.74) is 2.13. The Bertz CT molecular complexity index is 779. The molecule has 1 aliphatic carbocycles. The van der Waals surface area contributed by atoms with Gasteiger partial charge in [-0.3, -0.25) is 9.59 Å². The van der Waals surface area contributed by atoms with Gasteiger partial charge in [-0.2, -0.15) is 0 Å². The standard InChI is InChI=1S/C22H31N3O3.ClH/c1-15-4-5-18-16(14-15)22(2)8-6-17(26)20(21(22)28-18)23-19(27)7-9-25-12-10-24(3)11-13-25;/h4-5,14,20-21H,6-13H2,1-3H3,(H,23,27);1H/t20-,21-,22-;/m0./s1. The molecule has 1 N–H and O–H groups in total. The summed E-state index contributed by atoms with van der Waals surface area (Å²) in [6.07, 6.45) is 1.34. The lowest BCUT2D eigenvalue weighted by Crippen LogP contribution is -2.59. The molecule has 1 aromatic carbocycles. The van der Waals surface area contributed by atoms with Gasteiger partial charge in [0.15, 0.2) is 5.78 Å². The normalized spacial score (nSPS) is 29.4. The average Bonchev–Trinajstić information content (AvgIpc) is 2.97. The van der Waals surface area contributed by atoms with E-state index in [1.165, 1.54) is 11.1 Å². The Labute approximate surface area is 179 Å². The van der Waals surface area contributed by atoms with E-state index in [4.69, 9.17) is 4.74 Å². The summed E-state index contributed by atoms with van der Waals surface area (Å²) in [7, 11) is 2.12. The second kappa shape index (κ2) is 8.62. The molecule has 1 aromatic rings. The van der Waals surface area contributed by atoms with Crippen molar-refractivity contribution in [1.29, 1.82) is 0 Å². The van der Waals surface area contributed by atoms with E-state index in [1.807, 2.05) is 12.1 Å². The van der Waals surface area contributed by atoms with Crippen LogP contribution in [0.1, 0.15) is 37.3 Å². The van der Waals surface area contributed by atoms with E-state index in [-0.39, 0.29) is 35.6 Å². The monoisotopic (exact) mass is 421 g/mol. The van der Waals surface area contributed by atoms with Crippen LogP contribution in [0.5, 0.6) is 5.75 Å². The van der Waals surface area contributed by atoms with Crippen LogP contribution in [-0.4, -0.2) is 73.4 Å². The van der Waals surface area contributed by atoms with Gasteiger partial charge in [0.1, 0.15) is 17.9 Å². The van der Waals surface area contributed by atoms with Crippen molar-refractivity contribution < 1.29 is 14.3 Å². The zero-order chi connectivity index (χ0) is 19.9. The molecule has 7 heteroatoms. The molecule has 2 aliphatic heterocycles. The van der Waals surface area contributed by atoms with Gasteiger partial charge in [-0.1, -0.05) is 24.6 Å². The number of benzene rings is 1. The maximum absolute atomic E-state index is 12.7. The number of rotatable bonds is 4. The molecule has 1 saturated heterocycles. The smallest absolute Gasteiger partial charge is 0.221 e. The van der Waals surface area contributed by atoms with Gasteiger partial charge in [0.05, 0.1) is 0 Å². The van der Waals surface area contributed by atoms with Crippen molar-refractivity contribution in [2.45, 2.75) is 50.7 Å². The van der Waals surface area contributed by atoms with E-state index >= 15 is 0 Å².